The average molecular weight is 405 g/mol. The van der Waals surface area contributed by atoms with Crippen LogP contribution in [0.15, 0.2) is 60.7 Å². The molecule has 1 saturated heterocycles. The number of hydrogen-bond acceptors (Lipinski definition) is 4. The lowest BCUT2D eigenvalue weighted by molar-refractivity contribution is 0.0772. The van der Waals surface area contributed by atoms with Gasteiger partial charge in [0.15, 0.2) is 0 Å². The summed E-state index contributed by atoms with van der Waals surface area (Å²) < 4.78 is 14.0. The van der Waals surface area contributed by atoms with Crippen molar-refractivity contribution in [3.8, 4) is 16.5 Å². The van der Waals surface area contributed by atoms with Gasteiger partial charge in [-0.15, -0.1) is 11.3 Å². The van der Waals surface area contributed by atoms with Crippen LogP contribution in [0, 0.1) is 17.1 Å². The molecule has 2 heterocycles. The van der Waals surface area contributed by atoms with Gasteiger partial charge >= 0.3 is 0 Å². The highest BCUT2D eigenvalue weighted by atomic mass is 32.1. The second kappa shape index (κ2) is 8.46. The van der Waals surface area contributed by atoms with Crippen LogP contribution in [0.3, 0.4) is 0 Å². The van der Waals surface area contributed by atoms with Crippen LogP contribution in [0.25, 0.3) is 10.4 Å². The van der Waals surface area contributed by atoms with Crippen molar-refractivity contribution in [2.45, 2.75) is 6.42 Å². The van der Waals surface area contributed by atoms with Crippen molar-refractivity contribution >= 4 is 22.9 Å². The van der Waals surface area contributed by atoms with Crippen LogP contribution in [0.5, 0.6) is 0 Å². The normalized spacial score (nSPS) is 14.3. The van der Waals surface area contributed by atoms with Crippen LogP contribution in [-0.2, 0) is 0 Å². The third kappa shape index (κ3) is 4.15. The predicted molar refractivity (Wildman–Crippen MR) is 114 cm³/mol. The van der Waals surface area contributed by atoms with Crippen molar-refractivity contribution < 1.29 is 9.18 Å². The van der Waals surface area contributed by atoms with Crippen molar-refractivity contribution in [3.05, 3.63) is 76.9 Å². The summed E-state index contributed by atoms with van der Waals surface area (Å²) in [6.07, 6.45) is 0.872. The molecule has 0 saturated carbocycles. The number of carbonyl (C=O) groups is 1. The molecule has 1 fully saturated rings. The molecular weight excluding hydrogens is 385 g/mol. The van der Waals surface area contributed by atoms with E-state index in [1.54, 1.807) is 24.3 Å². The summed E-state index contributed by atoms with van der Waals surface area (Å²) in [5, 5.41) is 8.95. The van der Waals surface area contributed by atoms with Gasteiger partial charge in [-0.05, 0) is 48.9 Å². The fourth-order valence-electron chi connectivity index (χ4n) is 3.54. The number of nitriles is 1. The third-order valence-corrected chi connectivity index (χ3v) is 6.21. The summed E-state index contributed by atoms with van der Waals surface area (Å²) in [6, 6.07) is 19.9. The molecule has 0 bridgehead atoms. The number of anilines is 1. The predicted octanol–water partition coefficient (Wildman–Crippen LogP) is 4.78. The largest absolute Gasteiger partial charge is 0.370 e. The smallest absolute Gasteiger partial charge is 0.264 e. The number of hydrogen-bond donors (Lipinski definition) is 0. The van der Waals surface area contributed by atoms with Crippen molar-refractivity contribution in [2.24, 2.45) is 0 Å². The molecule has 0 spiro atoms. The Morgan fingerprint density at radius 3 is 2.52 bits per heavy atom. The van der Waals surface area contributed by atoms with Crippen LogP contribution < -0.4 is 4.90 Å². The van der Waals surface area contributed by atoms with Crippen LogP contribution >= 0.6 is 11.3 Å². The van der Waals surface area contributed by atoms with Crippen LogP contribution in [0.1, 0.15) is 21.7 Å². The van der Waals surface area contributed by atoms with Gasteiger partial charge in [0.25, 0.3) is 5.91 Å². The molecular formula is C23H20FN3OS. The maximum Gasteiger partial charge on any atom is 0.264 e. The molecule has 1 aromatic heterocycles. The molecule has 2 aromatic carbocycles. The summed E-state index contributed by atoms with van der Waals surface area (Å²) in [7, 11) is 0. The Kier molecular flexibility index (Phi) is 5.59. The number of amides is 1. The topological polar surface area (TPSA) is 47.3 Å². The molecule has 0 atom stereocenters. The Hall–Kier alpha value is -3.17. The Labute approximate surface area is 173 Å². The highest BCUT2D eigenvalue weighted by Gasteiger charge is 2.22. The second-order valence-corrected chi connectivity index (χ2v) is 8.02. The summed E-state index contributed by atoms with van der Waals surface area (Å²) in [5.41, 5.74) is 2.24. The van der Waals surface area contributed by atoms with Gasteiger partial charge < -0.3 is 9.80 Å². The van der Waals surface area contributed by atoms with E-state index in [9.17, 15) is 9.18 Å². The van der Waals surface area contributed by atoms with Crippen molar-refractivity contribution in [3.63, 3.8) is 0 Å². The van der Waals surface area contributed by atoms with E-state index >= 15 is 0 Å². The second-order valence-electron chi connectivity index (χ2n) is 6.94. The molecule has 1 aliphatic rings. The molecule has 1 amide bonds. The molecule has 1 aliphatic heterocycles. The average Bonchev–Trinajstić information content (AvgIpc) is 3.11. The summed E-state index contributed by atoms with van der Waals surface area (Å²) >= 11 is 1.33. The highest BCUT2D eigenvalue weighted by Crippen LogP contribution is 2.31. The number of benzene rings is 2. The molecule has 29 heavy (non-hydrogen) atoms. The van der Waals surface area contributed by atoms with E-state index in [0.717, 1.165) is 30.1 Å². The van der Waals surface area contributed by atoms with Gasteiger partial charge in [-0.25, -0.2) is 4.39 Å². The first-order valence-corrected chi connectivity index (χ1v) is 10.4. The highest BCUT2D eigenvalue weighted by molar-refractivity contribution is 7.17. The summed E-state index contributed by atoms with van der Waals surface area (Å²) in [6.45, 7) is 2.92. The quantitative estimate of drug-likeness (QED) is 0.630. The molecule has 0 N–H and O–H groups in total. The first kappa shape index (κ1) is 19.2. The van der Waals surface area contributed by atoms with E-state index in [1.807, 2.05) is 35.2 Å². The van der Waals surface area contributed by atoms with Gasteiger partial charge in [0.05, 0.1) is 16.5 Å². The Bertz CT molecular complexity index is 1050. The zero-order valence-electron chi connectivity index (χ0n) is 15.8. The lowest BCUT2D eigenvalue weighted by Crippen LogP contribution is -2.34. The van der Waals surface area contributed by atoms with Crippen LogP contribution in [0.2, 0.25) is 0 Å². The molecule has 0 radical (unpaired) electrons. The molecule has 6 heteroatoms. The lowest BCUT2D eigenvalue weighted by Gasteiger charge is -2.23. The zero-order chi connectivity index (χ0) is 20.2. The van der Waals surface area contributed by atoms with Gasteiger partial charge in [0.1, 0.15) is 5.82 Å². The Balaban J connectivity index is 1.45. The van der Waals surface area contributed by atoms with Gasteiger partial charge in [0, 0.05) is 42.3 Å². The van der Waals surface area contributed by atoms with Crippen LogP contribution in [0.4, 0.5) is 10.1 Å². The third-order valence-electron chi connectivity index (χ3n) is 5.10. The minimum atomic E-state index is -0.277. The van der Waals surface area contributed by atoms with Crippen molar-refractivity contribution in [1.82, 2.24) is 4.90 Å². The van der Waals surface area contributed by atoms with E-state index in [-0.39, 0.29) is 11.7 Å². The van der Waals surface area contributed by atoms with Crippen molar-refractivity contribution in [1.29, 1.82) is 5.26 Å². The SMILES string of the molecule is N#Cc1ccc(N2CCCN(C(=O)c3ccc(-c4ccccc4F)s3)CC2)cc1. The van der Waals surface area contributed by atoms with Gasteiger partial charge in [-0.3, -0.25) is 4.79 Å². The minimum Gasteiger partial charge on any atom is -0.370 e. The summed E-state index contributed by atoms with van der Waals surface area (Å²) in [4.78, 5) is 18.5. The first-order valence-electron chi connectivity index (χ1n) is 9.55. The number of rotatable bonds is 3. The minimum absolute atomic E-state index is 0.000678. The van der Waals surface area contributed by atoms with Crippen LogP contribution in [-0.4, -0.2) is 37.0 Å². The van der Waals surface area contributed by atoms with E-state index in [2.05, 4.69) is 11.0 Å². The lowest BCUT2D eigenvalue weighted by atomic mass is 10.2. The maximum atomic E-state index is 14.0. The van der Waals surface area contributed by atoms with Gasteiger partial charge in [0.2, 0.25) is 0 Å². The van der Waals surface area contributed by atoms with Crippen molar-refractivity contribution in [2.75, 3.05) is 31.1 Å². The number of nitrogens with zero attached hydrogens (tertiary/aromatic N) is 3. The monoisotopic (exact) mass is 405 g/mol. The molecule has 3 aromatic rings. The molecule has 4 rings (SSSR count). The first-order chi connectivity index (χ1) is 14.2. The van der Waals surface area contributed by atoms with E-state index in [1.165, 1.54) is 17.4 Å². The summed E-state index contributed by atoms with van der Waals surface area (Å²) in [5.74, 6) is -0.277. The molecule has 0 aliphatic carbocycles. The van der Waals surface area contributed by atoms with Gasteiger partial charge in [-0.2, -0.15) is 5.26 Å². The number of carbonyl (C=O) groups excluding carboxylic acids is 1. The molecule has 4 nitrogen and oxygen atoms in total. The fourth-order valence-corrected chi connectivity index (χ4v) is 4.54. The number of thiophene rings is 1. The number of halogens is 1. The Morgan fingerprint density at radius 1 is 0.966 bits per heavy atom. The Morgan fingerprint density at radius 2 is 1.76 bits per heavy atom. The van der Waals surface area contributed by atoms with E-state index in [4.69, 9.17) is 5.26 Å². The zero-order valence-corrected chi connectivity index (χ0v) is 16.7. The van der Waals surface area contributed by atoms with E-state index in [0.29, 0.717) is 29.1 Å². The van der Waals surface area contributed by atoms with Gasteiger partial charge in [-0.1, -0.05) is 18.2 Å². The standard InChI is InChI=1S/C23H20FN3OS/c24-20-5-2-1-4-19(20)21-10-11-22(29-21)23(28)27-13-3-12-26(14-15-27)18-8-6-17(16-25)7-9-18/h1-2,4-11H,3,12-15H2. The maximum absolute atomic E-state index is 14.0. The van der Waals surface area contributed by atoms with E-state index < -0.39 is 0 Å². The molecule has 0 unspecified atom stereocenters. The fraction of sp³-hybridized carbons (Fsp3) is 0.217. The molecule has 146 valence electrons.